The van der Waals surface area contributed by atoms with Gasteiger partial charge in [0.2, 0.25) is 11.8 Å². The van der Waals surface area contributed by atoms with E-state index in [1.54, 1.807) is 16.0 Å². The number of carbonyl (C=O) groups is 2. The van der Waals surface area contributed by atoms with Crippen LogP contribution in [0.5, 0.6) is 0 Å². The molecule has 2 amide bonds. The molecular formula is C18H30N4O2. The van der Waals surface area contributed by atoms with E-state index in [1.165, 1.54) is 0 Å². The van der Waals surface area contributed by atoms with Crippen molar-refractivity contribution in [3.8, 4) is 0 Å². The van der Waals surface area contributed by atoms with Gasteiger partial charge in [-0.2, -0.15) is 0 Å². The molecule has 0 aromatic carbocycles. The van der Waals surface area contributed by atoms with Crippen molar-refractivity contribution >= 4 is 11.8 Å². The lowest BCUT2D eigenvalue weighted by atomic mass is 10.3. The van der Waals surface area contributed by atoms with Crippen LogP contribution >= 0.6 is 0 Å². The Bertz CT molecular complexity index is 473. The third kappa shape index (κ3) is 6.28. The molecule has 1 aromatic rings. The number of pyridine rings is 1. The van der Waals surface area contributed by atoms with Gasteiger partial charge in [-0.25, -0.2) is 0 Å². The first-order chi connectivity index (χ1) is 11.5. The summed E-state index contributed by atoms with van der Waals surface area (Å²) >= 11 is 0. The van der Waals surface area contributed by atoms with Crippen LogP contribution in [0.3, 0.4) is 0 Å². The molecule has 0 saturated heterocycles. The zero-order valence-electron chi connectivity index (χ0n) is 15.4. The first-order valence-corrected chi connectivity index (χ1v) is 8.73. The summed E-state index contributed by atoms with van der Waals surface area (Å²) in [5, 5.41) is 0. The van der Waals surface area contributed by atoms with Gasteiger partial charge in [0, 0.05) is 38.9 Å². The average molecular weight is 334 g/mol. The van der Waals surface area contributed by atoms with Gasteiger partial charge in [-0.15, -0.1) is 0 Å². The van der Waals surface area contributed by atoms with Crippen molar-refractivity contribution < 1.29 is 9.59 Å². The summed E-state index contributed by atoms with van der Waals surface area (Å²) in [4.78, 5) is 34.6. The molecule has 6 nitrogen and oxygen atoms in total. The van der Waals surface area contributed by atoms with Crippen molar-refractivity contribution in [1.29, 1.82) is 0 Å². The number of amides is 2. The second-order valence-electron chi connectivity index (χ2n) is 5.60. The van der Waals surface area contributed by atoms with Gasteiger partial charge >= 0.3 is 0 Å². The molecule has 0 unspecified atom stereocenters. The zero-order chi connectivity index (χ0) is 17.9. The van der Waals surface area contributed by atoms with Crippen molar-refractivity contribution in [3.63, 3.8) is 0 Å². The fraction of sp³-hybridized carbons (Fsp3) is 0.611. The van der Waals surface area contributed by atoms with E-state index >= 15 is 0 Å². The SMILES string of the molecule is CCN(CC)C(=O)CN(CC(=O)N(CC)CC)Cc1ccccn1. The molecule has 134 valence electrons. The van der Waals surface area contributed by atoms with E-state index < -0.39 is 0 Å². The summed E-state index contributed by atoms with van der Waals surface area (Å²) < 4.78 is 0. The molecule has 0 aliphatic heterocycles. The van der Waals surface area contributed by atoms with Crippen molar-refractivity contribution in [2.24, 2.45) is 0 Å². The molecule has 0 spiro atoms. The third-order valence-electron chi connectivity index (χ3n) is 4.06. The molecule has 0 aliphatic rings. The monoisotopic (exact) mass is 334 g/mol. The number of hydrogen-bond donors (Lipinski definition) is 0. The van der Waals surface area contributed by atoms with E-state index in [2.05, 4.69) is 4.98 Å². The standard InChI is InChI=1S/C18H30N4O2/c1-5-21(6-2)17(23)14-20(13-16-11-9-10-12-19-16)15-18(24)22(7-3)8-4/h9-12H,5-8,13-15H2,1-4H3. The molecular weight excluding hydrogens is 304 g/mol. The summed E-state index contributed by atoms with van der Waals surface area (Å²) in [7, 11) is 0. The Morgan fingerprint density at radius 3 is 1.75 bits per heavy atom. The minimum atomic E-state index is 0.0447. The summed E-state index contributed by atoms with van der Waals surface area (Å²) in [6, 6.07) is 5.69. The molecule has 0 fully saturated rings. The quantitative estimate of drug-likeness (QED) is 0.652. The Morgan fingerprint density at radius 2 is 1.38 bits per heavy atom. The Kier molecular flexibility index (Phi) is 9.01. The van der Waals surface area contributed by atoms with Crippen LogP contribution in [-0.2, 0) is 16.1 Å². The van der Waals surface area contributed by atoms with E-state index in [1.807, 2.05) is 50.8 Å². The number of nitrogens with zero attached hydrogens (tertiary/aromatic N) is 4. The summed E-state index contributed by atoms with van der Waals surface area (Å²) in [6.45, 7) is 11.5. The van der Waals surface area contributed by atoms with Crippen LogP contribution in [0, 0.1) is 0 Å². The molecule has 1 aromatic heterocycles. The second-order valence-corrected chi connectivity index (χ2v) is 5.60. The number of carbonyl (C=O) groups excluding carboxylic acids is 2. The van der Waals surface area contributed by atoms with Gasteiger partial charge in [0.15, 0.2) is 0 Å². The van der Waals surface area contributed by atoms with Crippen LogP contribution in [0.2, 0.25) is 0 Å². The van der Waals surface area contributed by atoms with Crippen LogP contribution < -0.4 is 0 Å². The second kappa shape index (κ2) is 10.8. The number of hydrogen-bond acceptors (Lipinski definition) is 4. The van der Waals surface area contributed by atoms with Gasteiger partial charge < -0.3 is 9.80 Å². The fourth-order valence-corrected chi connectivity index (χ4v) is 2.62. The molecule has 24 heavy (non-hydrogen) atoms. The van der Waals surface area contributed by atoms with Crippen molar-refractivity contribution in [2.45, 2.75) is 34.2 Å². The predicted octanol–water partition coefficient (Wildman–Crippen LogP) is 1.62. The van der Waals surface area contributed by atoms with E-state index in [0.717, 1.165) is 5.69 Å². The largest absolute Gasteiger partial charge is 0.342 e. The lowest BCUT2D eigenvalue weighted by Gasteiger charge is -2.27. The van der Waals surface area contributed by atoms with Crippen molar-refractivity contribution in [2.75, 3.05) is 39.3 Å². The Balaban J connectivity index is 2.82. The maximum absolute atomic E-state index is 12.4. The van der Waals surface area contributed by atoms with Crippen LogP contribution in [-0.4, -0.2) is 70.8 Å². The average Bonchev–Trinajstić information content (AvgIpc) is 2.57. The summed E-state index contributed by atoms with van der Waals surface area (Å²) in [5.41, 5.74) is 0.859. The van der Waals surface area contributed by atoms with Crippen LogP contribution in [0.15, 0.2) is 24.4 Å². The molecule has 0 saturated carbocycles. The van der Waals surface area contributed by atoms with Crippen LogP contribution in [0.25, 0.3) is 0 Å². The molecule has 1 heterocycles. The Hall–Kier alpha value is -1.95. The summed E-state index contributed by atoms with van der Waals surface area (Å²) in [6.07, 6.45) is 1.73. The molecule has 0 atom stereocenters. The highest BCUT2D eigenvalue weighted by Gasteiger charge is 2.20. The van der Waals surface area contributed by atoms with Crippen molar-refractivity contribution in [1.82, 2.24) is 19.7 Å². The van der Waals surface area contributed by atoms with E-state index in [0.29, 0.717) is 32.7 Å². The topological polar surface area (TPSA) is 56.8 Å². The van der Waals surface area contributed by atoms with Gasteiger partial charge in [0.1, 0.15) is 0 Å². The first-order valence-electron chi connectivity index (χ1n) is 8.73. The highest BCUT2D eigenvalue weighted by molar-refractivity contribution is 5.81. The highest BCUT2D eigenvalue weighted by atomic mass is 16.2. The molecule has 0 radical (unpaired) electrons. The molecule has 1 rings (SSSR count). The fourth-order valence-electron chi connectivity index (χ4n) is 2.62. The maximum Gasteiger partial charge on any atom is 0.236 e. The van der Waals surface area contributed by atoms with Gasteiger partial charge in [0.25, 0.3) is 0 Å². The highest BCUT2D eigenvalue weighted by Crippen LogP contribution is 2.04. The van der Waals surface area contributed by atoms with Gasteiger partial charge in [0.05, 0.1) is 18.8 Å². The number of likely N-dealkylation sites (N-methyl/N-ethyl adjacent to an activating group) is 2. The van der Waals surface area contributed by atoms with Gasteiger partial charge in [-0.3, -0.25) is 19.5 Å². The Labute approximate surface area is 145 Å². The van der Waals surface area contributed by atoms with Crippen LogP contribution in [0.4, 0.5) is 0 Å². The summed E-state index contributed by atoms with van der Waals surface area (Å²) in [5.74, 6) is 0.0894. The smallest absolute Gasteiger partial charge is 0.236 e. The number of rotatable bonds is 10. The maximum atomic E-state index is 12.4. The van der Waals surface area contributed by atoms with Crippen LogP contribution in [0.1, 0.15) is 33.4 Å². The first kappa shape index (κ1) is 20.1. The number of aromatic nitrogens is 1. The normalized spacial score (nSPS) is 10.7. The lowest BCUT2D eigenvalue weighted by Crippen LogP contribution is -2.45. The minimum absolute atomic E-state index is 0.0447. The molecule has 0 bridgehead atoms. The van der Waals surface area contributed by atoms with E-state index in [4.69, 9.17) is 0 Å². The van der Waals surface area contributed by atoms with E-state index in [-0.39, 0.29) is 24.9 Å². The Morgan fingerprint density at radius 1 is 0.875 bits per heavy atom. The molecule has 0 aliphatic carbocycles. The lowest BCUT2D eigenvalue weighted by molar-refractivity contribution is -0.135. The van der Waals surface area contributed by atoms with Gasteiger partial charge in [-0.1, -0.05) is 6.07 Å². The zero-order valence-corrected chi connectivity index (χ0v) is 15.4. The third-order valence-corrected chi connectivity index (χ3v) is 4.06. The van der Waals surface area contributed by atoms with Crippen molar-refractivity contribution in [3.05, 3.63) is 30.1 Å². The molecule has 0 N–H and O–H groups in total. The van der Waals surface area contributed by atoms with E-state index in [9.17, 15) is 9.59 Å². The van der Waals surface area contributed by atoms with Gasteiger partial charge in [-0.05, 0) is 39.8 Å². The minimum Gasteiger partial charge on any atom is -0.342 e. The molecule has 6 heteroatoms. The predicted molar refractivity (Wildman–Crippen MR) is 95.4 cm³/mol.